The number of sulfonamides is 1. The summed E-state index contributed by atoms with van der Waals surface area (Å²) in [6.07, 6.45) is 1.74. The van der Waals surface area contributed by atoms with Crippen molar-refractivity contribution in [1.82, 2.24) is 14.9 Å². The van der Waals surface area contributed by atoms with Gasteiger partial charge < -0.3 is 10.6 Å². The molecule has 120 valence electrons. The first-order chi connectivity index (χ1) is 9.41. The highest BCUT2D eigenvalue weighted by Gasteiger charge is 2.19. The van der Waals surface area contributed by atoms with Crippen LogP contribution in [-0.2, 0) is 16.6 Å². The molecule has 0 aromatic carbocycles. The summed E-state index contributed by atoms with van der Waals surface area (Å²) in [5, 5.41) is 6.15. The third-order valence-corrected chi connectivity index (χ3v) is 5.81. The van der Waals surface area contributed by atoms with Crippen LogP contribution in [-0.4, -0.2) is 46.4 Å². The average molecular weight is 444 g/mol. The zero-order valence-electron chi connectivity index (χ0n) is 12.3. The molecule has 1 rings (SSSR count). The van der Waals surface area contributed by atoms with Crippen LogP contribution < -0.4 is 10.6 Å². The van der Waals surface area contributed by atoms with Crippen LogP contribution in [0.5, 0.6) is 0 Å². The number of guanidine groups is 1. The minimum Gasteiger partial charge on any atom is -0.353 e. The van der Waals surface area contributed by atoms with Crippen LogP contribution in [0.15, 0.2) is 34.0 Å². The molecule has 0 amide bonds. The molecule has 0 aliphatic rings. The van der Waals surface area contributed by atoms with Gasteiger partial charge in [-0.2, -0.15) is 0 Å². The van der Waals surface area contributed by atoms with E-state index in [4.69, 9.17) is 0 Å². The molecular formula is C12H21IN4O2S2. The van der Waals surface area contributed by atoms with E-state index in [1.807, 2.05) is 0 Å². The Morgan fingerprint density at radius 2 is 2.10 bits per heavy atom. The van der Waals surface area contributed by atoms with E-state index in [0.717, 1.165) is 4.88 Å². The number of nitrogens with one attached hydrogen (secondary N) is 2. The highest BCUT2D eigenvalue weighted by atomic mass is 127. The van der Waals surface area contributed by atoms with Crippen molar-refractivity contribution < 1.29 is 8.42 Å². The summed E-state index contributed by atoms with van der Waals surface area (Å²) in [5.74, 6) is 0.648. The topological polar surface area (TPSA) is 73.8 Å². The predicted octanol–water partition coefficient (Wildman–Crippen LogP) is 1.47. The Hall–Kier alpha value is -0.650. The van der Waals surface area contributed by atoms with Gasteiger partial charge in [0.05, 0.1) is 6.54 Å². The second-order valence-electron chi connectivity index (χ2n) is 4.10. The molecule has 0 bridgehead atoms. The molecule has 0 spiro atoms. The highest BCUT2D eigenvalue weighted by molar-refractivity contribution is 14.0. The van der Waals surface area contributed by atoms with E-state index < -0.39 is 10.0 Å². The van der Waals surface area contributed by atoms with Crippen LogP contribution in [0, 0.1) is 0 Å². The quantitative estimate of drug-likeness (QED) is 0.302. The van der Waals surface area contributed by atoms with E-state index in [9.17, 15) is 8.42 Å². The van der Waals surface area contributed by atoms with E-state index >= 15 is 0 Å². The fourth-order valence-corrected chi connectivity index (χ4v) is 3.80. The number of hydrogen-bond donors (Lipinski definition) is 2. The Morgan fingerprint density at radius 3 is 2.62 bits per heavy atom. The van der Waals surface area contributed by atoms with E-state index in [0.29, 0.717) is 23.3 Å². The van der Waals surface area contributed by atoms with Crippen LogP contribution >= 0.6 is 35.3 Å². The van der Waals surface area contributed by atoms with Gasteiger partial charge in [0.15, 0.2) is 5.96 Å². The Morgan fingerprint density at radius 1 is 1.43 bits per heavy atom. The molecule has 9 heteroatoms. The minimum atomic E-state index is -3.35. The molecule has 0 radical (unpaired) electrons. The average Bonchev–Trinajstić information content (AvgIpc) is 2.88. The Labute approximate surface area is 147 Å². The second-order valence-corrected chi connectivity index (χ2v) is 7.65. The number of thiophene rings is 1. The minimum absolute atomic E-state index is 0. The maximum absolute atomic E-state index is 11.9. The lowest BCUT2D eigenvalue weighted by Gasteiger charge is -2.09. The van der Waals surface area contributed by atoms with Crippen LogP contribution in [0.1, 0.15) is 4.88 Å². The van der Waals surface area contributed by atoms with E-state index in [-0.39, 0.29) is 24.0 Å². The molecule has 0 atom stereocenters. The Balaban J connectivity index is 0.00000400. The normalized spacial score (nSPS) is 11.9. The molecule has 6 nitrogen and oxygen atoms in total. The number of rotatable bonds is 6. The zero-order chi connectivity index (χ0) is 15.2. The van der Waals surface area contributed by atoms with Gasteiger partial charge in [-0.05, 0) is 12.1 Å². The van der Waals surface area contributed by atoms with E-state index in [1.54, 1.807) is 25.3 Å². The van der Waals surface area contributed by atoms with Gasteiger partial charge in [0, 0.05) is 32.6 Å². The Kier molecular flexibility index (Phi) is 9.09. The summed E-state index contributed by atoms with van der Waals surface area (Å²) in [6.45, 7) is 4.75. The summed E-state index contributed by atoms with van der Waals surface area (Å²) >= 11 is 1.25. The van der Waals surface area contributed by atoms with E-state index in [2.05, 4.69) is 22.2 Å². The van der Waals surface area contributed by atoms with Crippen molar-refractivity contribution in [2.75, 3.05) is 27.7 Å². The lowest BCUT2D eigenvalue weighted by molar-refractivity contribution is 0.523. The third-order valence-electron chi connectivity index (χ3n) is 2.44. The van der Waals surface area contributed by atoms with Crippen molar-refractivity contribution in [3.63, 3.8) is 0 Å². The summed E-state index contributed by atoms with van der Waals surface area (Å²) in [7, 11) is 1.37. The second kappa shape index (κ2) is 9.38. The van der Waals surface area contributed by atoms with Gasteiger partial charge >= 0.3 is 0 Å². The highest BCUT2D eigenvalue weighted by Crippen LogP contribution is 2.23. The van der Waals surface area contributed by atoms with Gasteiger partial charge in [-0.1, -0.05) is 6.08 Å². The van der Waals surface area contributed by atoms with Gasteiger partial charge in [0.1, 0.15) is 4.21 Å². The van der Waals surface area contributed by atoms with Crippen molar-refractivity contribution in [1.29, 1.82) is 0 Å². The number of nitrogens with zero attached hydrogens (tertiary/aromatic N) is 2. The predicted molar refractivity (Wildman–Crippen MR) is 99.0 cm³/mol. The lowest BCUT2D eigenvalue weighted by atomic mass is 10.4. The fourth-order valence-electron chi connectivity index (χ4n) is 1.33. The molecule has 0 saturated carbocycles. The van der Waals surface area contributed by atoms with Crippen molar-refractivity contribution in [2.24, 2.45) is 4.99 Å². The summed E-state index contributed by atoms with van der Waals surface area (Å²) in [6, 6.07) is 3.42. The molecule has 21 heavy (non-hydrogen) atoms. The first-order valence-electron chi connectivity index (χ1n) is 5.98. The molecule has 0 aliphatic carbocycles. The van der Waals surface area contributed by atoms with Crippen LogP contribution in [0.4, 0.5) is 0 Å². The maximum atomic E-state index is 11.9. The molecular weight excluding hydrogens is 423 g/mol. The van der Waals surface area contributed by atoms with Crippen LogP contribution in [0.3, 0.4) is 0 Å². The first-order valence-corrected chi connectivity index (χ1v) is 8.24. The summed E-state index contributed by atoms with van der Waals surface area (Å²) in [5.41, 5.74) is 0. The molecule has 2 N–H and O–H groups in total. The van der Waals surface area contributed by atoms with Gasteiger partial charge in [-0.25, -0.2) is 12.7 Å². The third kappa shape index (κ3) is 5.93. The summed E-state index contributed by atoms with van der Waals surface area (Å²) < 4.78 is 25.4. The summed E-state index contributed by atoms with van der Waals surface area (Å²) in [4.78, 5) is 4.97. The fraction of sp³-hybridized carbons (Fsp3) is 0.417. The molecule has 1 aromatic heterocycles. The Bertz CT molecular complexity index is 582. The van der Waals surface area contributed by atoms with Crippen molar-refractivity contribution >= 4 is 51.3 Å². The van der Waals surface area contributed by atoms with Gasteiger partial charge in [0.25, 0.3) is 10.0 Å². The number of halogens is 1. The lowest BCUT2D eigenvalue weighted by Crippen LogP contribution is -2.36. The smallest absolute Gasteiger partial charge is 0.252 e. The number of aliphatic imine (C=N–C) groups is 1. The van der Waals surface area contributed by atoms with Gasteiger partial charge in [-0.3, -0.25) is 4.99 Å². The maximum Gasteiger partial charge on any atom is 0.252 e. The van der Waals surface area contributed by atoms with Crippen LogP contribution in [0.25, 0.3) is 0 Å². The molecule has 0 fully saturated rings. The SMILES string of the molecule is C=CCNC(=NC)NCc1ccc(S(=O)(=O)N(C)C)s1.I. The van der Waals surface area contributed by atoms with Crippen molar-refractivity contribution in [3.05, 3.63) is 29.7 Å². The number of hydrogen-bond acceptors (Lipinski definition) is 4. The first kappa shape index (κ1) is 20.3. The van der Waals surface area contributed by atoms with Gasteiger partial charge in [-0.15, -0.1) is 41.9 Å². The van der Waals surface area contributed by atoms with Crippen LogP contribution in [0.2, 0.25) is 0 Å². The zero-order valence-corrected chi connectivity index (χ0v) is 16.3. The molecule has 0 saturated heterocycles. The van der Waals surface area contributed by atoms with Crippen molar-refractivity contribution in [3.8, 4) is 0 Å². The van der Waals surface area contributed by atoms with Crippen molar-refractivity contribution in [2.45, 2.75) is 10.8 Å². The standard InChI is InChI=1S/C12H20N4O2S2.HI/c1-5-8-14-12(13-2)15-9-10-6-7-11(19-10)20(17,18)16(3)4;/h5-7H,1,8-9H2,2-4H3,(H2,13,14,15);1H. The molecule has 0 unspecified atom stereocenters. The molecule has 0 aliphatic heterocycles. The van der Waals surface area contributed by atoms with Gasteiger partial charge in [0.2, 0.25) is 0 Å². The van der Waals surface area contributed by atoms with E-state index in [1.165, 1.54) is 29.7 Å². The molecule has 1 heterocycles. The molecule has 1 aromatic rings. The monoisotopic (exact) mass is 444 g/mol. The largest absolute Gasteiger partial charge is 0.353 e.